The fraction of sp³-hybridized carbons (Fsp3) is 0.850. The minimum absolute atomic E-state index is 0.0529. The van der Waals surface area contributed by atoms with Crippen molar-refractivity contribution in [3.8, 4) is 0 Å². The van der Waals surface area contributed by atoms with Crippen LogP contribution in [0.4, 0.5) is 0 Å². The maximum absolute atomic E-state index is 12.5. The number of esters is 2. The zero-order chi connectivity index (χ0) is 36.8. The molecule has 0 aromatic heterocycles. The highest BCUT2D eigenvalue weighted by molar-refractivity contribution is 7.47. The monoisotopic (exact) mass is 730 g/mol. The van der Waals surface area contributed by atoms with E-state index in [1.807, 2.05) is 0 Å². The number of hydrogen-bond donors (Lipinski definition) is 2. The van der Waals surface area contributed by atoms with Crippen molar-refractivity contribution < 1.29 is 37.6 Å². The number of allylic oxidation sites excluding steroid dienone is 4. The molecule has 1 unspecified atom stereocenters. The van der Waals surface area contributed by atoms with Crippen LogP contribution in [0.5, 0.6) is 0 Å². The van der Waals surface area contributed by atoms with Gasteiger partial charge in [0.05, 0.1) is 13.2 Å². The van der Waals surface area contributed by atoms with E-state index in [2.05, 4.69) is 38.2 Å². The number of carbonyl (C=O) groups excluding carboxylic acids is 2. The summed E-state index contributed by atoms with van der Waals surface area (Å²) in [7, 11) is -4.37. The molecule has 2 atom stereocenters. The van der Waals surface area contributed by atoms with Gasteiger partial charge in [0.1, 0.15) is 6.61 Å². The number of carbonyl (C=O) groups is 2. The van der Waals surface area contributed by atoms with E-state index in [0.717, 1.165) is 57.8 Å². The summed E-state index contributed by atoms with van der Waals surface area (Å²) in [6.45, 7) is 3.69. The van der Waals surface area contributed by atoms with Gasteiger partial charge in [-0.25, -0.2) is 4.57 Å². The molecule has 0 aromatic carbocycles. The topological polar surface area (TPSA) is 134 Å². The third-order valence-corrected chi connectivity index (χ3v) is 9.57. The minimum atomic E-state index is -4.37. The van der Waals surface area contributed by atoms with Crippen molar-refractivity contribution in [2.45, 2.75) is 193 Å². The zero-order valence-corrected chi connectivity index (χ0v) is 33.0. The summed E-state index contributed by atoms with van der Waals surface area (Å²) in [6, 6.07) is 0. The lowest BCUT2D eigenvalue weighted by Gasteiger charge is -2.19. The lowest BCUT2D eigenvalue weighted by molar-refractivity contribution is -0.161. The van der Waals surface area contributed by atoms with Gasteiger partial charge in [0.25, 0.3) is 0 Å². The minimum Gasteiger partial charge on any atom is -0.462 e. The van der Waals surface area contributed by atoms with E-state index >= 15 is 0 Å². The highest BCUT2D eigenvalue weighted by atomic mass is 31.2. The summed E-state index contributed by atoms with van der Waals surface area (Å²) in [6.07, 6.45) is 37.7. The first-order valence-electron chi connectivity index (χ1n) is 20.3. The first-order chi connectivity index (χ1) is 24.3. The predicted molar refractivity (Wildman–Crippen MR) is 206 cm³/mol. The summed E-state index contributed by atoms with van der Waals surface area (Å²) < 4.78 is 32.7. The highest BCUT2D eigenvalue weighted by Gasteiger charge is 2.26. The van der Waals surface area contributed by atoms with Gasteiger partial charge in [-0.15, -0.1) is 0 Å². The molecular formula is C40H76NO8P. The quantitative estimate of drug-likeness (QED) is 0.0275. The van der Waals surface area contributed by atoms with Gasteiger partial charge >= 0.3 is 19.8 Å². The molecule has 0 heterocycles. The Hall–Kier alpha value is -1.51. The second kappa shape index (κ2) is 37.3. The lowest BCUT2D eigenvalue weighted by Crippen LogP contribution is -2.29. The fourth-order valence-corrected chi connectivity index (χ4v) is 6.31. The van der Waals surface area contributed by atoms with Crippen LogP contribution < -0.4 is 5.73 Å². The molecule has 0 rings (SSSR count). The average molecular weight is 730 g/mol. The van der Waals surface area contributed by atoms with Crippen LogP contribution in [0.15, 0.2) is 24.3 Å². The molecule has 0 spiro atoms. The average Bonchev–Trinajstić information content (AvgIpc) is 3.10. The van der Waals surface area contributed by atoms with Crippen molar-refractivity contribution in [1.82, 2.24) is 0 Å². The van der Waals surface area contributed by atoms with E-state index in [1.54, 1.807) is 0 Å². The van der Waals surface area contributed by atoms with Gasteiger partial charge in [-0.05, 0) is 44.9 Å². The predicted octanol–water partition coefficient (Wildman–Crippen LogP) is 11.2. The van der Waals surface area contributed by atoms with Gasteiger partial charge in [0.2, 0.25) is 0 Å². The van der Waals surface area contributed by atoms with Crippen molar-refractivity contribution in [3.05, 3.63) is 24.3 Å². The standard InChI is InChI=1S/C40H76NO8P/c1-3-5-7-9-11-13-15-17-19-21-22-24-26-28-30-32-39(42)46-36-38(37-48-50(44,45)47-35-34-41)49-40(43)33-31-29-27-25-23-20-18-16-14-12-10-8-6-4-2/h11,13,17,19,38H,3-10,12,14-16,18,20-37,41H2,1-2H3,(H,44,45)/b13-11+,19-17+/t38-/m1/s1. The van der Waals surface area contributed by atoms with Crippen LogP contribution in [0.25, 0.3) is 0 Å². The summed E-state index contributed by atoms with van der Waals surface area (Å²) in [4.78, 5) is 34.8. The van der Waals surface area contributed by atoms with Crippen molar-refractivity contribution >= 4 is 19.8 Å². The summed E-state index contributed by atoms with van der Waals surface area (Å²) >= 11 is 0. The summed E-state index contributed by atoms with van der Waals surface area (Å²) in [5.74, 6) is -0.840. The molecule has 0 saturated carbocycles. The Bertz CT molecular complexity index is 881. The number of rotatable bonds is 38. The molecular weight excluding hydrogens is 653 g/mol. The zero-order valence-electron chi connectivity index (χ0n) is 32.1. The molecule has 0 aliphatic carbocycles. The highest BCUT2D eigenvalue weighted by Crippen LogP contribution is 2.43. The molecule has 294 valence electrons. The number of nitrogens with two attached hydrogens (primary N) is 1. The smallest absolute Gasteiger partial charge is 0.462 e. The van der Waals surface area contributed by atoms with Crippen LogP contribution >= 0.6 is 7.82 Å². The van der Waals surface area contributed by atoms with Gasteiger partial charge in [-0.1, -0.05) is 154 Å². The number of phosphoric ester groups is 1. The SMILES string of the molecule is CCCCC/C=C/C/C=C/CCCCCCCC(=O)OC[C@H](COP(=O)(O)OCCN)OC(=O)CCCCCCCCCCCCCCCC. The summed E-state index contributed by atoms with van der Waals surface area (Å²) in [5.41, 5.74) is 5.34. The van der Waals surface area contributed by atoms with Gasteiger partial charge in [0, 0.05) is 19.4 Å². The first kappa shape index (κ1) is 48.5. The normalized spacial score (nSPS) is 13.6. The van der Waals surface area contributed by atoms with E-state index in [9.17, 15) is 19.0 Å². The molecule has 0 amide bonds. The van der Waals surface area contributed by atoms with Crippen LogP contribution in [-0.4, -0.2) is 49.3 Å². The number of ether oxygens (including phenoxy) is 2. The van der Waals surface area contributed by atoms with Gasteiger partial charge in [-0.3, -0.25) is 18.6 Å². The van der Waals surface area contributed by atoms with Gasteiger partial charge in [-0.2, -0.15) is 0 Å². The number of unbranched alkanes of at least 4 members (excludes halogenated alkanes) is 21. The molecule has 3 N–H and O–H groups in total. The third-order valence-electron chi connectivity index (χ3n) is 8.59. The number of hydrogen-bond acceptors (Lipinski definition) is 8. The van der Waals surface area contributed by atoms with Crippen LogP contribution in [0.2, 0.25) is 0 Å². The Labute approximate surface area is 306 Å². The Morgan fingerprint density at radius 2 is 1.04 bits per heavy atom. The van der Waals surface area contributed by atoms with Crippen molar-refractivity contribution in [1.29, 1.82) is 0 Å². The summed E-state index contributed by atoms with van der Waals surface area (Å²) in [5, 5.41) is 0. The fourth-order valence-electron chi connectivity index (χ4n) is 5.55. The molecule has 0 aliphatic heterocycles. The van der Waals surface area contributed by atoms with Crippen molar-refractivity contribution in [3.63, 3.8) is 0 Å². The van der Waals surface area contributed by atoms with Crippen molar-refractivity contribution in [2.24, 2.45) is 5.73 Å². The first-order valence-corrected chi connectivity index (χ1v) is 21.8. The van der Waals surface area contributed by atoms with E-state index < -0.39 is 32.5 Å². The van der Waals surface area contributed by atoms with Crippen LogP contribution in [0, 0.1) is 0 Å². The van der Waals surface area contributed by atoms with E-state index in [-0.39, 0.29) is 32.6 Å². The lowest BCUT2D eigenvalue weighted by atomic mass is 10.0. The largest absolute Gasteiger partial charge is 0.472 e. The van der Waals surface area contributed by atoms with Crippen molar-refractivity contribution in [2.75, 3.05) is 26.4 Å². The van der Waals surface area contributed by atoms with E-state index in [0.29, 0.717) is 6.42 Å². The van der Waals surface area contributed by atoms with Gasteiger partial charge < -0.3 is 20.1 Å². The Morgan fingerprint density at radius 3 is 1.56 bits per heavy atom. The van der Waals surface area contributed by atoms with Crippen LogP contribution in [0.3, 0.4) is 0 Å². The number of phosphoric acid groups is 1. The van der Waals surface area contributed by atoms with Crippen LogP contribution in [-0.2, 0) is 32.7 Å². The van der Waals surface area contributed by atoms with E-state index in [1.165, 1.54) is 96.3 Å². The maximum Gasteiger partial charge on any atom is 0.472 e. The van der Waals surface area contributed by atoms with E-state index in [4.69, 9.17) is 24.3 Å². The molecule has 50 heavy (non-hydrogen) atoms. The molecule has 0 bridgehead atoms. The molecule has 0 aliphatic rings. The Balaban J connectivity index is 4.20. The second-order valence-corrected chi connectivity index (χ2v) is 15.0. The molecule has 9 nitrogen and oxygen atoms in total. The van der Waals surface area contributed by atoms with Gasteiger partial charge in [0.15, 0.2) is 6.10 Å². The third kappa shape index (κ3) is 36.3. The maximum atomic E-state index is 12.5. The Morgan fingerprint density at radius 1 is 0.600 bits per heavy atom. The van der Waals surface area contributed by atoms with Crippen LogP contribution in [0.1, 0.15) is 187 Å². The Kier molecular flexibility index (Phi) is 36.1. The molecule has 0 fully saturated rings. The molecule has 0 aromatic rings. The molecule has 10 heteroatoms. The molecule has 0 radical (unpaired) electrons. The molecule has 0 saturated heterocycles. The second-order valence-electron chi connectivity index (χ2n) is 13.5.